The number of aliphatic hydroxyl groups is 1. The van der Waals surface area contributed by atoms with Gasteiger partial charge in [-0.1, -0.05) is 33.6 Å². The molecule has 0 amide bonds. The summed E-state index contributed by atoms with van der Waals surface area (Å²) < 4.78 is 0. The van der Waals surface area contributed by atoms with Gasteiger partial charge in [0.25, 0.3) is 0 Å². The number of hydrogen-bond donors (Lipinski definition) is 1. The van der Waals surface area contributed by atoms with E-state index in [1.807, 2.05) is 0 Å². The zero-order chi connectivity index (χ0) is 12.5. The molecule has 17 heavy (non-hydrogen) atoms. The summed E-state index contributed by atoms with van der Waals surface area (Å²) in [4.78, 5) is 0. The van der Waals surface area contributed by atoms with Crippen molar-refractivity contribution in [1.82, 2.24) is 0 Å². The fraction of sp³-hybridized carbons (Fsp3) is 1.00. The molecule has 0 aromatic carbocycles. The van der Waals surface area contributed by atoms with Crippen molar-refractivity contribution < 1.29 is 5.11 Å². The molecule has 0 saturated heterocycles. The van der Waals surface area contributed by atoms with Gasteiger partial charge in [0.2, 0.25) is 0 Å². The summed E-state index contributed by atoms with van der Waals surface area (Å²) >= 11 is 0. The minimum Gasteiger partial charge on any atom is -0.393 e. The van der Waals surface area contributed by atoms with E-state index in [0.29, 0.717) is 17.3 Å². The molecule has 0 radical (unpaired) electrons. The predicted octanol–water partition coefficient (Wildman–Crippen LogP) is 4.39. The highest BCUT2D eigenvalue weighted by molar-refractivity contribution is 4.86. The van der Waals surface area contributed by atoms with Crippen LogP contribution in [0.25, 0.3) is 0 Å². The van der Waals surface area contributed by atoms with Crippen LogP contribution in [0, 0.1) is 23.2 Å². The molecule has 0 bridgehead atoms. The van der Waals surface area contributed by atoms with Crippen LogP contribution in [0.15, 0.2) is 0 Å². The van der Waals surface area contributed by atoms with Crippen LogP contribution in [0.2, 0.25) is 0 Å². The first-order chi connectivity index (χ1) is 7.98. The van der Waals surface area contributed by atoms with Crippen LogP contribution >= 0.6 is 0 Å². The Morgan fingerprint density at radius 3 is 2.24 bits per heavy atom. The second-order valence-electron chi connectivity index (χ2n) is 7.52. The van der Waals surface area contributed by atoms with Crippen LogP contribution in [0.4, 0.5) is 0 Å². The molecule has 0 spiro atoms. The van der Waals surface area contributed by atoms with Crippen molar-refractivity contribution >= 4 is 0 Å². The molecular formula is C16H30O. The third kappa shape index (κ3) is 3.47. The molecule has 1 N–H and O–H groups in total. The van der Waals surface area contributed by atoms with Crippen molar-refractivity contribution in [2.24, 2.45) is 23.2 Å². The Hall–Kier alpha value is -0.0400. The third-order valence-electron chi connectivity index (χ3n) is 5.33. The molecule has 0 aliphatic heterocycles. The summed E-state index contributed by atoms with van der Waals surface area (Å²) in [7, 11) is 0. The zero-order valence-corrected chi connectivity index (χ0v) is 11.9. The summed E-state index contributed by atoms with van der Waals surface area (Å²) in [6.07, 6.45) is 10.3. The van der Waals surface area contributed by atoms with E-state index in [1.54, 1.807) is 0 Å². The standard InChI is InChI=1S/C16H30O/c1-12-5-4-6-14(11-12)15(17)13-7-9-16(2,3)10-8-13/h12-15,17H,4-11H2,1-3H3. The van der Waals surface area contributed by atoms with Crippen LogP contribution in [0.5, 0.6) is 0 Å². The van der Waals surface area contributed by atoms with Gasteiger partial charge in [-0.2, -0.15) is 0 Å². The summed E-state index contributed by atoms with van der Waals surface area (Å²) in [5.74, 6) is 2.03. The van der Waals surface area contributed by atoms with E-state index >= 15 is 0 Å². The maximum absolute atomic E-state index is 10.6. The predicted molar refractivity (Wildman–Crippen MR) is 72.9 cm³/mol. The molecule has 2 rings (SSSR count). The lowest BCUT2D eigenvalue weighted by Gasteiger charge is -2.40. The van der Waals surface area contributed by atoms with E-state index in [4.69, 9.17) is 0 Å². The van der Waals surface area contributed by atoms with Gasteiger partial charge in [0.1, 0.15) is 0 Å². The van der Waals surface area contributed by atoms with E-state index < -0.39 is 0 Å². The van der Waals surface area contributed by atoms with Gasteiger partial charge in [0, 0.05) is 0 Å². The van der Waals surface area contributed by atoms with Crippen LogP contribution in [-0.2, 0) is 0 Å². The molecule has 0 aromatic rings. The highest BCUT2D eigenvalue weighted by atomic mass is 16.3. The molecule has 2 aliphatic rings. The molecule has 100 valence electrons. The van der Waals surface area contributed by atoms with E-state index in [0.717, 1.165) is 5.92 Å². The smallest absolute Gasteiger partial charge is 0.0596 e. The fourth-order valence-corrected chi connectivity index (χ4v) is 3.94. The summed E-state index contributed by atoms with van der Waals surface area (Å²) in [6, 6.07) is 0. The Bertz CT molecular complexity index is 236. The SMILES string of the molecule is CC1CCCC(C(O)C2CCC(C)(C)CC2)C1. The summed E-state index contributed by atoms with van der Waals surface area (Å²) in [5.41, 5.74) is 0.524. The highest BCUT2D eigenvalue weighted by Crippen LogP contribution is 2.42. The van der Waals surface area contributed by atoms with E-state index in [9.17, 15) is 5.11 Å². The summed E-state index contributed by atoms with van der Waals surface area (Å²) in [6.45, 7) is 7.10. The van der Waals surface area contributed by atoms with Crippen LogP contribution < -0.4 is 0 Å². The minimum atomic E-state index is -0.00569. The molecule has 2 saturated carbocycles. The molecule has 2 aliphatic carbocycles. The topological polar surface area (TPSA) is 20.2 Å². The molecule has 3 atom stereocenters. The normalized spacial score (nSPS) is 36.7. The van der Waals surface area contributed by atoms with Gasteiger partial charge < -0.3 is 5.11 Å². The Morgan fingerprint density at radius 2 is 1.65 bits per heavy atom. The van der Waals surface area contributed by atoms with Crippen molar-refractivity contribution in [3.8, 4) is 0 Å². The Labute approximate surface area is 107 Å². The number of hydrogen-bond acceptors (Lipinski definition) is 1. The van der Waals surface area contributed by atoms with Crippen LogP contribution in [-0.4, -0.2) is 11.2 Å². The largest absolute Gasteiger partial charge is 0.393 e. The zero-order valence-electron chi connectivity index (χ0n) is 11.9. The van der Waals surface area contributed by atoms with E-state index in [2.05, 4.69) is 20.8 Å². The molecule has 1 heteroatoms. The van der Waals surface area contributed by atoms with Crippen molar-refractivity contribution in [3.05, 3.63) is 0 Å². The van der Waals surface area contributed by atoms with E-state index in [1.165, 1.54) is 51.4 Å². The molecule has 2 fully saturated rings. The van der Waals surface area contributed by atoms with Crippen molar-refractivity contribution in [1.29, 1.82) is 0 Å². The summed E-state index contributed by atoms with van der Waals surface area (Å²) in [5, 5.41) is 10.6. The average Bonchev–Trinajstić information content (AvgIpc) is 2.28. The van der Waals surface area contributed by atoms with Gasteiger partial charge in [0.15, 0.2) is 0 Å². The lowest BCUT2D eigenvalue weighted by atomic mass is 9.68. The number of aliphatic hydroxyl groups excluding tert-OH is 1. The lowest BCUT2D eigenvalue weighted by Crippen LogP contribution is -2.36. The highest BCUT2D eigenvalue weighted by Gasteiger charge is 2.35. The first-order valence-corrected chi connectivity index (χ1v) is 7.66. The molecule has 0 aromatic heterocycles. The van der Waals surface area contributed by atoms with Crippen molar-refractivity contribution in [2.45, 2.75) is 78.2 Å². The molecular weight excluding hydrogens is 208 g/mol. The minimum absolute atomic E-state index is 0.00569. The first kappa shape index (κ1) is 13.4. The van der Waals surface area contributed by atoms with Gasteiger partial charge in [-0.3, -0.25) is 0 Å². The fourth-order valence-electron chi connectivity index (χ4n) is 3.94. The van der Waals surface area contributed by atoms with Gasteiger partial charge in [-0.15, -0.1) is 0 Å². The first-order valence-electron chi connectivity index (χ1n) is 7.66. The molecule has 0 heterocycles. The Morgan fingerprint density at radius 1 is 1.00 bits per heavy atom. The maximum atomic E-state index is 10.6. The van der Waals surface area contributed by atoms with Crippen molar-refractivity contribution in [3.63, 3.8) is 0 Å². The quantitative estimate of drug-likeness (QED) is 0.756. The maximum Gasteiger partial charge on any atom is 0.0596 e. The van der Waals surface area contributed by atoms with Gasteiger partial charge in [-0.05, 0) is 61.7 Å². The second kappa shape index (κ2) is 5.30. The van der Waals surface area contributed by atoms with Gasteiger partial charge >= 0.3 is 0 Å². The van der Waals surface area contributed by atoms with Crippen molar-refractivity contribution in [2.75, 3.05) is 0 Å². The van der Waals surface area contributed by atoms with Crippen LogP contribution in [0.3, 0.4) is 0 Å². The molecule has 1 nitrogen and oxygen atoms in total. The molecule has 3 unspecified atom stereocenters. The van der Waals surface area contributed by atoms with Gasteiger partial charge in [-0.25, -0.2) is 0 Å². The lowest BCUT2D eigenvalue weighted by molar-refractivity contribution is -0.00334. The second-order valence-corrected chi connectivity index (χ2v) is 7.52. The third-order valence-corrected chi connectivity index (χ3v) is 5.33. The number of rotatable bonds is 2. The monoisotopic (exact) mass is 238 g/mol. The van der Waals surface area contributed by atoms with E-state index in [-0.39, 0.29) is 6.10 Å². The van der Waals surface area contributed by atoms with Gasteiger partial charge in [0.05, 0.1) is 6.10 Å². The van der Waals surface area contributed by atoms with Crippen LogP contribution in [0.1, 0.15) is 72.1 Å². The average molecular weight is 238 g/mol. The Balaban J connectivity index is 1.85. The Kier molecular flexibility index (Phi) is 4.18.